The van der Waals surface area contributed by atoms with Crippen LogP contribution in [0, 0.1) is 17.6 Å². The van der Waals surface area contributed by atoms with E-state index < -0.39 is 11.6 Å². The zero-order valence-electron chi connectivity index (χ0n) is 11.9. The molecule has 1 heterocycles. The van der Waals surface area contributed by atoms with E-state index in [0.717, 1.165) is 44.8 Å². The molecule has 0 atom stereocenters. The first-order chi connectivity index (χ1) is 10.1. The lowest BCUT2D eigenvalue weighted by molar-refractivity contribution is -0.133. The van der Waals surface area contributed by atoms with E-state index in [4.69, 9.17) is 0 Å². The molecule has 0 aromatic heterocycles. The minimum Gasteiger partial charge on any atom is -0.342 e. The van der Waals surface area contributed by atoms with Crippen molar-refractivity contribution in [3.63, 3.8) is 0 Å². The number of benzene rings is 1. The Morgan fingerprint density at radius 1 is 1.19 bits per heavy atom. The highest BCUT2D eigenvalue weighted by atomic mass is 19.1. The van der Waals surface area contributed by atoms with Crippen LogP contribution < -0.4 is 5.32 Å². The first kappa shape index (κ1) is 14.4. The molecule has 1 aromatic carbocycles. The Morgan fingerprint density at radius 3 is 2.52 bits per heavy atom. The van der Waals surface area contributed by atoms with Gasteiger partial charge >= 0.3 is 0 Å². The van der Waals surface area contributed by atoms with Gasteiger partial charge < -0.3 is 10.2 Å². The second-order valence-electron chi connectivity index (χ2n) is 5.99. The molecule has 1 saturated carbocycles. The summed E-state index contributed by atoms with van der Waals surface area (Å²) in [6, 6.07) is 3.95. The number of nitrogens with one attached hydrogen (secondary N) is 1. The van der Waals surface area contributed by atoms with Crippen LogP contribution in [0.2, 0.25) is 0 Å². The molecule has 0 bridgehead atoms. The highest BCUT2D eigenvalue weighted by Gasteiger charge is 2.34. The predicted molar refractivity (Wildman–Crippen MR) is 75.5 cm³/mol. The number of carbonyl (C=O) groups is 1. The third kappa shape index (κ3) is 3.59. The molecule has 1 aliphatic heterocycles. The summed E-state index contributed by atoms with van der Waals surface area (Å²) >= 11 is 0. The van der Waals surface area contributed by atoms with Crippen molar-refractivity contribution in [3.05, 3.63) is 35.4 Å². The minimum absolute atomic E-state index is 0.280. The Balaban J connectivity index is 1.45. The van der Waals surface area contributed by atoms with Crippen molar-refractivity contribution in [3.8, 4) is 0 Å². The first-order valence-electron chi connectivity index (χ1n) is 7.59. The number of halogens is 2. The summed E-state index contributed by atoms with van der Waals surface area (Å²) in [7, 11) is 0. The van der Waals surface area contributed by atoms with E-state index in [-0.39, 0.29) is 12.0 Å². The van der Waals surface area contributed by atoms with Crippen molar-refractivity contribution < 1.29 is 13.6 Å². The second kappa shape index (κ2) is 6.10. The van der Waals surface area contributed by atoms with Gasteiger partial charge in [-0.2, -0.15) is 0 Å². The molecule has 21 heavy (non-hydrogen) atoms. The third-order valence-corrected chi connectivity index (χ3v) is 4.33. The van der Waals surface area contributed by atoms with Gasteiger partial charge in [-0.25, -0.2) is 8.78 Å². The van der Waals surface area contributed by atoms with Crippen LogP contribution in [0.15, 0.2) is 18.2 Å². The van der Waals surface area contributed by atoms with Gasteiger partial charge in [-0.05, 0) is 31.7 Å². The summed E-state index contributed by atoms with van der Waals surface area (Å²) in [5.74, 6) is -0.479. The fourth-order valence-electron chi connectivity index (χ4n) is 2.81. The van der Waals surface area contributed by atoms with Crippen LogP contribution in [0.25, 0.3) is 0 Å². The van der Waals surface area contributed by atoms with E-state index in [1.807, 2.05) is 4.90 Å². The molecule has 1 amide bonds. The smallest absolute Gasteiger partial charge is 0.225 e. The van der Waals surface area contributed by atoms with Crippen molar-refractivity contribution in [1.29, 1.82) is 0 Å². The van der Waals surface area contributed by atoms with Crippen LogP contribution in [-0.2, 0) is 11.3 Å². The van der Waals surface area contributed by atoms with Crippen LogP contribution in [0.5, 0.6) is 0 Å². The van der Waals surface area contributed by atoms with Crippen molar-refractivity contribution in [2.45, 2.75) is 38.3 Å². The largest absolute Gasteiger partial charge is 0.342 e. The molecule has 1 N–H and O–H groups in total. The van der Waals surface area contributed by atoms with Gasteiger partial charge in [0.1, 0.15) is 11.6 Å². The lowest BCUT2D eigenvalue weighted by atomic mass is 10.0. The number of amides is 1. The molecule has 5 heteroatoms. The Morgan fingerprint density at radius 2 is 1.90 bits per heavy atom. The number of hydrogen-bond acceptors (Lipinski definition) is 2. The SMILES string of the molecule is O=C(C1CC1)N1CCC(NCc2ccc(F)cc2F)CC1. The van der Waals surface area contributed by atoms with Crippen molar-refractivity contribution >= 4 is 5.91 Å². The topological polar surface area (TPSA) is 32.3 Å². The average molecular weight is 294 g/mol. The summed E-state index contributed by atoms with van der Waals surface area (Å²) in [5, 5.41) is 3.30. The predicted octanol–water partition coefficient (Wildman–Crippen LogP) is 2.46. The zero-order chi connectivity index (χ0) is 14.8. The van der Waals surface area contributed by atoms with E-state index in [2.05, 4.69) is 5.32 Å². The summed E-state index contributed by atoms with van der Waals surface area (Å²) in [6.07, 6.45) is 3.87. The molecule has 3 rings (SSSR count). The van der Waals surface area contributed by atoms with Gasteiger partial charge in [-0.1, -0.05) is 6.07 Å². The van der Waals surface area contributed by atoms with E-state index in [1.165, 1.54) is 12.1 Å². The van der Waals surface area contributed by atoms with Crippen LogP contribution in [0.4, 0.5) is 8.78 Å². The van der Waals surface area contributed by atoms with Crippen LogP contribution in [0.1, 0.15) is 31.2 Å². The average Bonchev–Trinajstić information content (AvgIpc) is 3.31. The Bertz CT molecular complexity index is 523. The maximum absolute atomic E-state index is 13.5. The summed E-state index contributed by atoms with van der Waals surface area (Å²) in [5.41, 5.74) is 0.480. The monoisotopic (exact) mass is 294 g/mol. The minimum atomic E-state index is -0.553. The molecule has 1 aliphatic carbocycles. The second-order valence-corrected chi connectivity index (χ2v) is 5.99. The number of likely N-dealkylation sites (tertiary alicyclic amines) is 1. The molecule has 1 saturated heterocycles. The van der Waals surface area contributed by atoms with Crippen LogP contribution in [-0.4, -0.2) is 29.9 Å². The normalized spacial score (nSPS) is 19.8. The molecule has 2 fully saturated rings. The quantitative estimate of drug-likeness (QED) is 0.925. The zero-order valence-corrected chi connectivity index (χ0v) is 11.9. The third-order valence-electron chi connectivity index (χ3n) is 4.33. The first-order valence-corrected chi connectivity index (χ1v) is 7.59. The van der Waals surface area contributed by atoms with Gasteiger partial charge in [0.05, 0.1) is 0 Å². The summed E-state index contributed by atoms with van der Waals surface area (Å²) in [6.45, 7) is 1.95. The number of carbonyl (C=O) groups excluding carboxylic acids is 1. The molecular weight excluding hydrogens is 274 g/mol. The Labute approximate surface area is 123 Å². The maximum Gasteiger partial charge on any atom is 0.225 e. The van der Waals surface area contributed by atoms with Gasteiger partial charge in [-0.15, -0.1) is 0 Å². The van der Waals surface area contributed by atoms with E-state index in [1.54, 1.807) is 0 Å². The number of piperidine rings is 1. The van der Waals surface area contributed by atoms with Crippen molar-refractivity contribution in [2.75, 3.05) is 13.1 Å². The number of hydrogen-bond donors (Lipinski definition) is 1. The van der Waals surface area contributed by atoms with Gasteiger partial charge in [0.25, 0.3) is 0 Å². The Kier molecular flexibility index (Phi) is 4.19. The molecule has 0 spiro atoms. The fraction of sp³-hybridized carbons (Fsp3) is 0.562. The number of nitrogens with zero attached hydrogens (tertiary/aromatic N) is 1. The van der Waals surface area contributed by atoms with Crippen LogP contribution in [0.3, 0.4) is 0 Å². The van der Waals surface area contributed by atoms with Gasteiger partial charge in [0.15, 0.2) is 0 Å². The van der Waals surface area contributed by atoms with E-state index >= 15 is 0 Å². The lowest BCUT2D eigenvalue weighted by Gasteiger charge is -2.32. The van der Waals surface area contributed by atoms with Gasteiger partial charge in [0, 0.05) is 43.2 Å². The van der Waals surface area contributed by atoms with Crippen molar-refractivity contribution in [2.24, 2.45) is 5.92 Å². The highest BCUT2D eigenvalue weighted by Crippen LogP contribution is 2.31. The summed E-state index contributed by atoms with van der Waals surface area (Å²) < 4.78 is 26.4. The maximum atomic E-state index is 13.5. The lowest BCUT2D eigenvalue weighted by Crippen LogP contribution is -2.45. The molecule has 3 nitrogen and oxygen atoms in total. The Hall–Kier alpha value is -1.49. The fourth-order valence-corrected chi connectivity index (χ4v) is 2.81. The molecule has 0 unspecified atom stereocenters. The standard InChI is InChI=1S/C16H20F2N2O/c17-13-4-3-12(15(18)9-13)10-19-14-5-7-20(8-6-14)16(21)11-1-2-11/h3-4,9,11,14,19H,1-2,5-8,10H2. The highest BCUT2D eigenvalue weighted by molar-refractivity contribution is 5.81. The molecule has 0 radical (unpaired) electrons. The van der Waals surface area contributed by atoms with Gasteiger partial charge in [0.2, 0.25) is 5.91 Å². The van der Waals surface area contributed by atoms with E-state index in [0.29, 0.717) is 18.0 Å². The van der Waals surface area contributed by atoms with Crippen molar-refractivity contribution in [1.82, 2.24) is 10.2 Å². The van der Waals surface area contributed by atoms with Gasteiger partial charge in [-0.3, -0.25) is 4.79 Å². The molecule has 2 aliphatic rings. The molecule has 1 aromatic rings. The van der Waals surface area contributed by atoms with Crippen LogP contribution >= 0.6 is 0 Å². The molecular formula is C16H20F2N2O. The summed E-state index contributed by atoms with van der Waals surface area (Å²) in [4.78, 5) is 13.9. The molecule has 114 valence electrons. The number of rotatable bonds is 4. The van der Waals surface area contributed by atoms with E-state index in [9.17, 15) is 13.6 Å².